The van der Waals surface area contributed by atoms with Crippen molar-refractivity contribution in [1.29, 1.82) is 0 Å². The number of benzene rings is 3. The molecular weight excluding hydrogens is 481 g/mol. The Balaban J connectivity index is 1.38. The lowest BCUT2D eigenvalue weighted by Gasteiger charge is -2.29. The highest BCUT2D eigenvalue weighted by Gasteiger charge is 2.25. The van der Waals surface area contributed by atoms with Crippen LogP contribution >= 0.6 is 0 Å². The number of hydrogen-bond donors (Lipinski definition) is 0. The van der Waals surface area contributed by atoms with Crippen LogP contribution in [0, 0.1) is 17.5 Å². The number of halogens is 3. The summed E-state index contributed by atoms with van der Waals surface area (Å²) in [6, 6.07) is 15.9. The van der Waals surface area contributed by atoms with Crippen LogP contribution in [0.4, 0.5) is 13.2 Å². The molecule has 4 rings (SSSR count). The van der Waals surface area contributed by atoms with Crippen molar-refractivity contribution in [3.05, 3.63) is 83.2 Å². The molecule has 0 aromatic heterocycles. The number of rotatable bonds is 12. The van der Waals surface area contributed by atoms with Crippen LogP contribution in [0.3, 0.4) is 0 Å². The predicted octanol–water partition coefficient (Wildman–Crippen LogP) is 10.4. The lowest BCUT2D eigenvalue weighted by molar-refractivity contribution is -0.00273. The molecule has 0 radical (unpaired) electrons. The van der Waals surface area contributed by atoms with Crippen LogP contribution in [-0.2, 0) is 11.2 Å². The summed E-state index contributed by atoms with van der Waals surface area (Å²) >= 11 is 0. The fourth-order valence-electron chi connectivity index (χ4n) is 5.51. The molecule has 204 valence electrons. The standard InChI is InChI=1S/C34H41F3O/c1-3-5-7-8-9-11-29-19-16-28(23-38-29)30-20-18-27(22-32(30)35)24-12-14-25(15-13-24)31-21-17-26(10-6-4-2)33(36)34(31)37/h12-15,17-18,20-22,28-29H,3-11,16,19,23H2,1-2H3. The molecular formula is C34H41F3O. The molecule has 0 bridgehead atoms. The van der Waals surface area contributed by atoms with E-state index in [0.717, 1.165) is 43.2 Å². The molecule has 1 nitrogen and oxygen atoms in total. The molecule has 0 amide bonds. The summed E-state index contributed by atoms with van der Waals surface area (Å²) in [4.78, 5) is 0. The Kier molecular flexibility index (Phi) is 10.5. The first-order chi connectivity index (χ1) is 18.5. The molecule has 1 fully saturated rings. The SMILES string of the molecule is CCCCCCCC1CCC(c2ccc(-c3ccc(-c4ccc(CCCC)c(F)c4F)cc3)cc2F)CO1. The highest BCUT2D eigenvalue weighted by molar-refractivity contribution is 5.71. The van der Waals surface area contributed by atoms with Crippen LogP contribution in [-0.4, -0.2) is 12.7 Å². The van der Waals surface area contributed by atoms with Crippen LogP contribution in [0.5, 0.6) is 0 Å². The van der Waals surface area contributed by atoms with Crippen molar-refractivity contribution in [2.45, 2.75) is 96.5 Å². The maximum absolute atomic E-state index is 15.2. The van der Waals surface area contributed by atoms with Crippen molar-refractivity contribution in [2.75, 3.05) is 6.61 Å². The summed E-state index contributed by atoms with van der Waals surface area (Å²) in [5.41, 5.74) is 3.58. The third-order valence-corrected chi connectivity index (χ3v) is 7.93. The molecule has 1 aliphatic heterocycles. The zero-order valence-corrected chi connectivity index (χ0v) is 22.9. The molecule has 0 aliphatic carbocycles. The van der Waals surface area contributed by atoms with E-state index in [1.807, 2.05) is 31.2 Å². The van der Waals surface area contributed by atoms with Crippen LogP contribution in [0.1, 0.15) is 95.1 Å². The minimum Gasteiger partial charge on any atom is -0.378 e. The van der Waals surface area contributed by atoms with Gasteiger partial charge in [-0.05, 0) is 66.0 Å². The zero-order chi connectivity index (χ0) is 26.9. The van der Waals surface area contributed by atoms with E-state index in [-0.39, 0.29) is 17.3 Å². The zero-order valence-electron chi connectivity index (χ0n) is 22.9. The highest BCUT2D eigenvalue weighted by Crippen LogP contribution is 2.34. The third kappa shape index (κ3) is 7.08. The van der Waals surface area contributed by atoms with Crippen molar-refractivity contribution in [3.8, 4) is 22.3 Å². The number of ether oxygens (including phenoxy) is 1. The van der Waals surface area contributed by atoms with Gasteiger partial charge in [0.1, 0.15) is 5.82 Å². The van der Waals surface area contributed by atoms with Crippen molar-refractivity contribution in [2.24, 2.45) is 0 Å². The fourth-order valence-corrected chi connectivity index (χ4v) is 5.51. The Morgan fingerprint density at radius 2 is 1.42 bits per heavy atom. The molecule has 2 atom stereocenters. The normalized spacial score (nSPS) is 17.6. The summed E-state index contributed by atoms with van der Waals surface area (Å²) in [6.07, 6.45) is 12.0. The van der Waals surface area contributed by atoms with Gasteiger partial charge in [-0.1, -0.05) is 101 Å². The van der Waals surface area contributed by atoms with Crippen LogP contribution in [0.15, 0.2) is 54.6 Å². The number of unbranched alkanes of at least 4 members (excludes halogenated alkanes) is 5. The average molecular weight is 523 g/mol. The predicted molar refractivity (Wildman–Crippen MR) is 151 cm³/mol. The average Bonchev–Trinajstić information content (AvgIpc) is 2.94. The summed E-state index contributed by atoms with van der Waals surface area (Å²) in [5.74, 6) is -1.70. The Morgan fingerprint density at radius 1 is 0.711 bits per heavy atom. The molecule has 3 aromatic rings. The first-order valence-electron chi connectivity index (χ1n) is 14.5. The van der Waals surface area contributed by atoms with E-state index in [4.69, 9.17) is 4.74 Å². The molecule has 0 spiro atoms. The van der Waals surface area contributed by atoms with Crippen molar-refractivity contribution < 1.29 is 17.9 Å². The monoisotopic (exact) mass is 522 g/mol. The summed E-state index contributed by atoms with van der Waals surface area (Å²) in [7, 11) is 0. The van der Waals surface area contributed by atoms with E-state index in [1.54, 1.807) is 30.3 Å². The Labute approximate surface area is 226 Å². The van der Waals surface area contributed by atoms with Crippen LogP contribution in [0.25, 0.3) is 22.3 Å². The molecule has 0 saturated carbocycles. The first-order valence-corrected chi connectivity index (χ1v) is 14.5. The molecule has 4 heteroatoms. The molecule has 1 aliphatic rings. The van der Waals surface area contributed by atoms with Gasteiger partial charge in [0.05, 0.1) is 12.7 Å². The van der Waals surface area contributed by atoms with Gasteiger partial charge in [0.2, 0.25) is 0 Å². The van der Waals surface area contributed by atoms with Gasteiger partial charge in [0, 0.05) is 11.5 Å². The Morgan fingerprint density at radius 3 is 2.11 bits per heavy atom. The minimum absolute atomic E-state index is 0.0842. The summed E-state index contributed by atoms with van der Waals surface area (Å²) < 4.78 is 50.6. The van der Waals surface area contributed by atoms with E-state index in [1.165, 1.54) is 32.1 Å². The van der Waals surface area contributed by atoms with Gasteiger partial charge in [0.25, 0.3) is 0 Å². The van der Waals surface area contributed by atoms with E-state index in [0.29, 0.717) is 35.8 Å². The van der Waals surface area contributed by atoms with Crippen LogP contribution in [0.2, 0.25) is 0 Å². The summed E-state index contributed by atoms with van der Waals surface area (Å²) in [6.45, 7) is 4.83. The maximum Gasteiger partial charge on any atom is 0.166 e. The topological polar surface area (TPSA) is 9.23 Å². The largest absolute Gasteiger partial charge is 0.378 e. The molecule has 3 aromatic carbocycles. The number of aryl methyl sites for hydroxylation is 1. The van der Waals surface area contributed by atoms with Crippen molar-refractivity contribution in [3.63, 3.8) is 0 Å². The highest BCUT2D eigenvalue weighted by atomic mass is 19.2. The molecule has 1 saturated heterocycles. The second-order valence-electron chi connectivity index (χ2n) is 10.7. The lowest BCUT2D eigenvalue weighted by Crippen LogP contribution is -2.25. The van der Waals surface area contributed by atoms with Crippen molar-refractivity contribution >= 4 is 0 Å². The minimum atomic E-state index is -0.810. The molecule has 38 heavy (non-hydrogen) atoms. The van der Waals surface area contributed by atoms with E-state index >= 15 is 4.39 Å². The first kappa shape index (κ1) is 28.4. The maximum atomic E-state index is 15.2. The van der Waals surface area contributed by atoms with Gasteiger partial charge in [-0.25, -0.2) is 13.2 Å². The van der Waals surface area contributed by atoms with Gasteiger partial charge in [-0.2, -0.15) is 0 Å². The van der Waals surface area contributed by atoms with Crippen LogP contribution < -0.4 is 0 Å². The summed E-state index contributed by atoms with van der Waals surface area (Å²) in [5, 5.41) is 0. The van der Waals surface area contributed by atoms with E-state index in [9.17, 15) is 8.78 Å². The van der Waals surface area contributed by atoms with Gasteiger partial charge >= 0.3 is 0 Å². The third-order valence-electron chi connectivity index (χ3n) is 7.93. The number of hydrogen-bond acceptors (Lipinski definition) is 1. The molecule has 0 N–H and O–H groups in total. The lowest BCUT2D eigenvalue weighted by atomic mass is 9.88. The van der Waals surface area contributed by atoms with E-state index < -0.39 is 11.6 Å². The second-order valence-corrected chi connectivity index (χ2v) is 10.7. The molecule has 2 unspecified atom stereocenters. The van der Waals surface area contributed by atoms with Crippen molar-refractivity contribution in [1.82, 2.24) is 0 Å². The van der Waals surface area contributed by atoms with Gasteiger partial charge in [-0.3, -0.25) is 0 Å². The van der Waals surface area contributed by atoms with Gasteiger partial charge in [-0.15, -0.1) is 0 Å². The van der Waals surface area contributed by atoms with E-state index in [2.05, 4.69) is 6.92 Å². The smallest absolute Gasteiger partial charge is 0.166 e. The van der Waals surface area contributed by atoms with Gasteiger partial charge < -0.3 is 4.74 Å². The Bertz CT molecular complexity index is 1160. The molecule has 1 heterocycles. The second kappa shape index (κ2) is 14.0. The quantitative estimate of drug-likeness (QED) is 0.215. The fraction of sp³-hybridized carbons (Fsp3) is 0.471. The van der Waals surface area contributed by atoms with Gasteiger partial charge in [0.15, 0.2) is 11.6 Å². The Hall–Kier alpha value is -2.59.